The second-order valence-electron chi connectivity index (χ2n) is 6.15. The van der Waals surface area contributed by atoms with Gasteiger partial charge in [-0.3, -0.25) is 4.79 Å². The fourth-order valence-electron chi connectivity index (χ4n) is 3.05. The van der Waals surface area contributed by atoms with E-state index in [0.29, 0.717) is 5.82 Å². The number of nitrogens with zero attached hydrogens (tertiary/aromatic N) is 4. The van der Waals surface area contributed by atoms with Crippen LogP contribution in [0.3, 0.4) is 0 Å². The molecule has 4 heterocycles. The van der Waals surface area contributed by atoms with Crippen molar-refractivity contribution in [3.63, 3.8) is 0 Å². The number of fused-ring (bicyclic) bond motifs is 2. The van der Waals surface area contributed by atoms with Crippen LogP contribution in [-0.2, 0) is 11.2 Å². The van der Waals surface area contributed by atoms with Gasteiger partial charge in [-0.2, -0.15) is 4.37 Å². The normalized spacial score (nSPS) is 11.3. The number of aromatic nitrogens is 4. The molecule has 0 aliphatic carbocycles. The van der Waals surface area contributed by atoms with E-state index in [1.54, 1.807) is 6.20 Å². The molecule has 0 spiro atoms. The molecule has 6 nitrogen and oxygen atoms in total. The molecule has 25 heavy (non-hydrogen) atoms. The summed E-state index contributed by atoms with van der Waals surface area (Å²) in [5, 5.41) is 3.84. The number of carbonyl (C=O) groups excluding carboxylic acids is 1. The lowest BCUT2D eigenvalue weighted by Gasteiger charge is -2.05. The smallest absolute Gasteiger partial charge is 0.231 e. The van der Waals surface area contributed by atoms with E-state index in [9.17, 15) is 4.79 Å². The number of imidazole rings is 1. The van der Waals surface area contributed by atoms with Crippen LogP contribution in [0.15, 0.2) is 30.6 Å². The van der Waals surface area contributed by atoms with Crippen LogP contribution >= 0.6 is 11.5 Å². The molecule has 0 unspecified atom stereocenters. The van der Waals surface area contributed by atoms with Crippen molar-refractivity contribution in [2.45, 2.75) is 27.2 Å². The first-order chi connectivity index (χ1) is 12.0. The highest BCUT2D eigenvalue weighted by atomic mass is 32.1. The van der Waals surface area contributed by atoms with Gasteiger partial charge in [-0.1, -0.05) is 6.07 Å². The lowest BCUT2D eigenvalue weighted by molar-refractivity contribution is -0.115. The molecule has 0 aliphatic heterocycles. The minimum atomic E-state index is -0.115. The molecule has 4 rings (SSSR count). The maximum atomic E-state index is 12.5. The van der Waals surface area contributed by atoms with Crippen molar-refractivity contribution < 1.29 is 4.79 Å². The third-order valence-electron chi connectivity index (χ3n) is 4.18. The Kier molecular flexibility index (Phi) is 3.73. The Hall–Kier alpha value is -2.80. The summed E-state index contributed by atoms with van der Waals surface area (Å²) in [5.41, 5.74) is 4.82. The number of hydrogen-bond donors (Lipinski definition) is 1. The molecule has 0 aromatic carbocycles. The maximum Gasteiger partial charge on any atom is 0.231 e. The molecular formula is C18H17N5OS. The molecule has 0 saturated heterocycles. The van der Waals surface area contributed by atoms with E-state index in [-0.39, 0.29) is 12.3 Å². The molecule has 7 heteroatoms. The quantitative estimate of drug-likeness (QED) is 0.614. The summed E-state index contributed by atoms with van der Waals surface area (Å²) in [6.45, 7) is 5.97. The number of aryl methyl sites for hydroxylation is 3. The van der Waals surface area contributed by atoms with Crippen LogP contribution < -0.4 is 5.32 Å². The molecule has 0 radical (unpaired) electrons. The molecular weight excluding hydrogens is 334 g/mol. The van der Waals surface area contributed by atoms with Crippen molar-refractivity contribution in [2.24, 2.45) is 0 Å². The zero-order valence-electron chi connectivity index (χ0n) is 14.2. The lowest BCUT2D eigenvalue weighted by Crippen LogP contribution is -2.16. The number of amides is 1. The summed E-state index contributed by atoms with van der Waals surface area (Å²) in [4.78, 5) is 22.2. The van der Waals surface area contributed by atoms with Gasteiger partial charge in [0.15, 0.2) is 5.82 Å². The molecule has 126 valence electrons. The zero-order valence-corrected chi connectivity index (χ0v) is 15.0. The van der Waals surface area contributed by atoms with Crippen molar-refractivity contribution in [1.82, 2.24) is 18.7 Å². The highest BCUT2D eigenvalue weighted by molar-refractivity contribution is 7.13. The Balaban J connectivity index is 1.61. The van der Waals surface area contributed by atoms with Gasteiger partial charge in [0.05, 0.1) is 17.5 Å². The Labute approximate surface area is 148 Å². The van der Waals surface area contributed by atoms with Crippen molar-refractivity contribution in [3.05, 3.63) is 53.1 Å². The molecule has 0 fully saturated rings. The Bertz CT molecular complexity index is 1110. The van der Waals surface area contributed by atoms with Gasteiger partial charge in [0.1, 0.15) is 10.5 Å². The lowest BCUT2D eigenvalue weighted by atomic mass is 10.2. The highest BCUT2D eigenvalue weighted by Gasteiger charge is 2.15. The molecule has 0 bridgehead atoms. The molecule has 0 aliphatic rings. The number of anilines is 1. The fraction of sp³-hybridized carbons (Fsp3) is 0.222. The second-order valence-corrected chi connectivity index (χ2v) is 6.90. The summed E-state index contributed by atoms with van der Waals surface area (Å²) in [6.07, 6.45) is 3.91. The molecule has 1 N–H and O–H groups in total. The minimum Gasteiger partial charge on any atom is -0.309 e. The Morgan fingerprint density at radius 3 is 2.96 bits per heavy atom. The topological polar surface area (TPSA) is 72.2 Å². The first kappa shape index (κ1) is 15.7. The third-order valence-corrected chi connectivity index (χ3v) is 4.92. The first-order valence-corrected chi connectivity index (χ1v) is 8.75. The van der Waals surface area contributed by atoms with Gasteiger partial charge in [0.2, 0.25) is 5.91 Å². The van der Waals surface area contributed by atoms with Gasteiger partial charge in [0.25, 0.3) is 0 Å². The van der Waals surface area contributed by atoms with Crippen LogP contribution in [0.5, 0.6) is 0 Å². The number of rotatable bonds is 3. The average Bonchev–Trinajstić information content (AvgIpc) is 3.13. The summed E-state index contributed by atoms with van der Waals surface area (Å²) < 4.78 is 6.32. The second kappa shape index (κ2) is 5.93. The van der Waals surface area contributed by atoms with Crippen molar-refractivity contribution >= 4 is 39.1 Å². The van der Waals surface area contributed by atoms with Gasteiger partial charge >= 0.3 is 0 Å². The fourth-order valence-corrected chi connectivity index (χ4v) is 3.90. The van der Waals surface area contributed by atoms with Gasteiger partial charge in [0, 0.05) is 18.1 Å². The monoisotopic (exact) mass is 351 g/mol. The molecule has 4 aromatic heterocycles. The van der Waals surface area contributed by atoms with Crippen LogP contribution in [0, 0.1) is 20.8 Å². The molecule has 0 saturated carbocycles. The molecule has 1 amide bonds. The number of hydrogen-bond acceptors (Lipinski definition) is 5. The number of carbonyl (C=O) groups is 1. The van der Waals surface area contributed by atoms with Crippen LogP contribution in [-0.4, -0.2) is 24.6 Å². The zero-order chi connectivity index (χ0) is 17.6. The van der Waals surface area contributed by atoms with Crippen LogP contribution in [0.2, 0.25) is 0 Å². The van der Waals surface area contributed by atoms with Gasteiger partial charge < -0.3 is 9.72 Å². The van der Waals surface area contributed by atoms with Crippen molar-refractivity contribution in [1.29, 1.82) is 0 Å². The molecule has 0 atom stereocenters. The van der Waals surface area contributed by atoms with Crippen LogP contribution in [0.1, 0.15) is 22.5 Å². The van der Waals surface area contributed by atoms with E-state index in [4.69, 9.17) is 0 Å². The van der Waals surface area contributed by atoms with Crippen molar-refractivity contribution in [2.75, 3.05) is 5.32 Å². The number of nitrogens with one attached hydrogen (secondary N) is 1. The van der Waals surface area contributed by atoms with E-state index >= 15 is 0 Å². The van der Waals surface area contributed by atoms with E-state index in [1.807, 2.05) is 49.6 Å². The summed E-state index contributed by atoms with van der Waals surface area (Å²) in [5.74, 6) is 0.468. The predicted octanol–water partition coefficient (Wildman–Crippen LogP) is 3.45. The van der Waals surface area contributed by atoms with Gasteiger partial charge in [-0.25, -0.2) is 9.97 Å². The summed E-state index contributed by atoms with van der Waals surface area (Å²) in [7, 11) is 0. The van der Waals surface area contributed by atoms with Gasteiger partial charge in [-0.15, -0.1) is 0 Å². The van der Waals surface area contributed by atoms with E-state index in [1.165, 1.54) is 11.5 Å². The maximum absolute atomic E-state index is 12.5. The standard InChI is InChI=1S/C18H17N5OS/c1-10-5-4-6-23-13(9-19-17(10)23)8-14(24)21-16-15-11(2)7-12(3)20-18(15)25-22-16/h4-7,9H,8H2,1-3H3,(H,21,22,24). The van der Waals surface area contributed by atoms with Crippen LogP contribution in [0.25, 0.3) is 15.9 Å². The first-order valence-electron chi connectivity index (χ1n) is 7.98. The average molecular weight is 351 g/mol. The SMILES string of the molecule is Cc1cc(C)c2c(NC(=O)Cc3cnc4c(C)cccn34)nsc2n1. The third kappa shape index (κ3) is 2.76. The van der Waals surface area contributed by atoms with Crippen LogP contribution in [0.4, 0.5) is 5.82 Å². The van der Waals surface area contributed by atoms with E-state index in [0.717, 1.165) is 38.4 Å². The molecule has 4 aromatic rings. The van der Waals surface area contributed by atoms with E-state index < -0.39 is 0 Å². The number of pyridine rings is 2. The Morgan fingerprint density at radius 1 is 1.28 bits per heavy atom. The Morgan fingerprint density at radius 2 is 2.12 bits per heavy atom. The van der Waals surface area contributed by atoms with E-state index in [2.05, 4.69) is 19.7 Å². The summed E-state index contributed by atoms with van der Waals surface area (Å²) >= 11 is 1.30. The largest absolute Gasteiger partial charge is 0.309 e. The predicted molar refractivity (Wildman–Crippen MR) is 99.2 cm³/mol. The summed E-state index contributed by atoms with van der Waals surface area (Å²) in [6, 6.07) is 5.96. The minimum absolute atomic E-state index is 0.115. The highest BCUT2D eigenvalue weighted by Crippen LogP contribution is 2.28. The van der Waals surface area contributed by atoms with Gasteiger partial charge in [-0.05, 0) is 55.6 Å². The van der Waals surface area contributed by atoms with Crippen molar-refractivity contribution in [3.8, 4) is 0 Å².